The Hall–Kier alpha value is -2.69. The summed E-state index contributed by atoms with van der Waals surface area (Å²) in [6.07, 6.45) is 8.36. The fourth-order valence-corrected chi connectivity index (χ4v) is 4.93. The lowest BCUT2D eigenvalue weighted by molar-refractivity contribution is 0.226. The fourth-order valence-electron chi connectivity index (χ4n) is 4.38. The van der Waals surface area contributed by atoms with E-state index in [4.69, 9.17) is 15.9 Å². The van der Waals surface area contributed by atoms with Crippen molar-refractivity contribution in [3.63, 3.8) is 0 Å². The molecule has 0 saturated carbocycles. The molecular formula is C22H24N2O4S. The highest BCUT2D eigenvalue weighted by atomic mass is 32.2. The molecule has 0 bridgehead atoms. The van der Waals surface area contributed by atoms with Gasteiger partial charge in [0.05, 0.1) is 13.4 Å². The van der Waals surface area contributed by atoms with Crippen molar-refractivity contribution in [1.82, 2.24) is 4.90 Å². The molecule has 0 radical (unpaired) electrons. The third kappa shape index (κ3) is 3.54. The maximum atomic E-state index is 11.7. The molecule has 0 spiro atoms. The lowest BCUT2D eigenvalue weighted by atomic mass is 9.76. The van der Waals surface area contributed by atoms with E-state index in [1.165, 1.54) is 11.1 Å². The van der Waals surface area contributed by atoms with E-state index >= 15 is 0 Å². The van der Waals surface area contributed by atoms with E-state index in [-0.39, 0.29) is 12.6 Å². The summed E-state index contributed by atoms with van der Waals surface area (Å²) in [5, 5.41) is 0. The Morgan fingerprint density at radius 3 is 2.79 bits per heavy atom. The number of nitrogens with zero attached hydrogens (tertiary/aromatic N) is 1. The fraction of sp³-hybridized carbons (Fsp3) is 0.364. The van der Waals surface area contributed by atoms with Gasteiger partial charge in [-0.25, -0.2) is 8.42 Å². The highest BCUT2D eigenvalue weighted by Gasteiger charge is 2.36. The van der Waals surface area contributed by atoms with Crippen molar-refractivity contribution in [3.8, 4) is 35.0 Å². The first-order chi connectivity index (χ1) is 13.8. The largest absolute Gasteiger partial charge is 0.493 e. The monoisotopic (exact) mass is 412 g/mol. The van der Waals surface area contributed by atoms with Crippen molar-refractivity contribution >= 4 is 15.7 Å². The Morgan fingerprint density at radius 1 is 1.31 bits per heavy atom. The van der Waals surface area contributed by atoms with Crippen LogP contribution in [-0.2, 0) is 22.9 Å². The summed E-state index contributed by atoms with van der Waals surface area (Å²) in [6, 6.07) is 7.94. The average molecular weight is 413 g/mol. The molecule has 2 aromatic carbocycles. The van der Waals surface area contributed by atoms with Gasteiger partial charge in [-0.3, -0.25) is 9.62 Å². The summed E-state index contributed by atoms with van der Waals surface area (Å²) in [7, 11) is 0.373. The molecule has 2 aromatic rings. The van der Waals surface area contributed by atoms with Gasteiger partial charge in [-0.2, -0.15) is 0 Å². The molecule has 0 aromatic heterocycles. The predicted octanol–water partition coefficient (Wildman–Crippen LogP) is 2.83. The maximum Gasteiger partial charge on any atom is 0.229 e. The summed E-state index contributed by atoms with van der Waals surface area (Å²) < 4.78 is 37.7. The van der Waals surface area contributed by atoms with Crippen molar-refractivity contribution in [2.24, 2.45) is 0 Å². The van der Waals surface area contributed by atoms with Gasteiger partial charge in [0.1, 0.15) is 6.61 Å². The minimum atomic E-state index is -3.38. The number of methoxy groups -OCH3 is 1. The number of anilines is 1. The van der Waals surface area contributed by atoms with Gasteiger partial charge in [0.2, 0.25) is 10.0 Å². The van der Waals surface area contributed by atoms with E-state index in [1.54, 1.807) is 13.2 Å². The molecular weight excluding hydrogens is 388 g/mol. The van der Waals surface area contributed by atoms with E-state index in [0.29, 0.717) is 17.2 Å². The first-order valence-electron chi connectivity index (χ1n) is 9.43. The summed E-state index contributed by atoms with van der Waals surface area (Å²) in [4.78, 5) is 2.36. The summed E-state index contributed by atoms with van der Waals surface area (Å²) in [5.41, 5.74) is 6.01. The minimum Gasteiger partial charge on any atom is -0.493 e. The van der Waals surface area contributed by atoms with Crippen LogP contribution >= 0.6 is 0 Å². The summed E-state index contributed by atoms with van der Waals surface area (Å²) in [5.74, 6) is 3.78. The van der Waals surface area contributed by atoms with Crippen LogP contribution < -0.4 is 14.2 Å². The Balaban J connectivity index is 1.99. The van der Waals surface area contributed by atoms with E-state index < -0.39 is 10.0 Å². The van der Waals surface area contributed by atoms with E-state index in [1.807, 2.05) is 18.2 Å². The molecule has 29 heavy (non-hydrogen) atoms. The average Bonchev–Trinajstić information content (AvgIpc) is 2.67. The van der Waals surface area contributed by atoms with Crippen LogP contribution in [0.5, 0.6) is 11.5 Å². The topological polar surface area (TPSA) is 67.9 Å². The number of fused-ring (bicyclic) bond motifs is 2. The first kappa shape index (κ1) is 19.6. The van der Waals surface area contributed by atoms with E-state index in [2.05, 4.69) is 22.6 Å². The number of nitrogens with one attached hydrogen (secondary N) is 1. The molecule has 1 atom stereocenters. The van der Waals surface area contributed by atoms with Gasteiger partial charge < -0.3 is 9.47 Å². The number of benzene rings is 2. The second-order valence-corrected chi connectivity index (χ2v) is 9.29. The highest BCUT2D eigenvalue weighted by molar-refractivity contribution is 7.92. The normalized spacial score (nSPS) is 17.7. The number of terminal acetylenes is 1. The van der Waals surface area contributed by atoms with Crippen molar-refractivity contribution < 1.29 is 17.9 Å². The molecule has 152 valence electrons. The van der Waals surface area contributed by atoms with Gasteiger partial charge in [0.25, 0.3) is 0 Å². The van der Waals surface area contributed by atoms with Crippen LogP contribution in [-0.4, -0.2) is 46.9 Å². The van der Waals surface area contributed by atoms with Gasteiger partial charge in [-0.1, -0.05) is 12.0 Å². The number of hydrogen-bond donors (Lipinski definition) is 1. The third-order valence-electron chi connectivity index (χ3n) is 5.59. The predicted molar refractivity (Wildman–Crippen MR) is 114 cm³/mol. The molecule has 1 aliphatic carbocycles. The number of rotatable bonds is 5. The zero-order valence-corrected chi connectivity index (χ0v) is 17.6. The molecule has 1 N–H and O–H groups in total. The SMILES string of the molecule is C#CCOc1c(OC)cc2c3c1-c1cc(NS(C)(=O)=O)ccc1CC3N(C)CC2. The first-order valence-corrected chi connectivity index (χ1v) is 11.3. The molecule has 4 rings (SSSR count). The van der Waals surface area contributed by atoms with Crippen molar-refractivity contribution in [1.29, 1.82) is 0 Å². The van der Waals surface area contributed by atoms with Crippen LogP contribution in [0.4, 0.5) is 5.69 Å². The highest BCUT2D eigenvalue weighted by Crippen LogP contribution is 2.52. The van der Waals surface area contributed by atoms with Crippen molar-refractivity contribution in [3.05, 3.63) is 41.0 Å². The number of likely N-dealkylation sites (N-methyl/N-ethyl adjacent to an activating group) is 1. The van der Waals surface area contributed by atoms with Crippen LogP contribution in [0.15, 0.2) is 24.3 Å². The molecule has 0 amide bonds. The molecule has 6 nitrogen and oxygen atoms in total. The molecule has 2 aliphatic rings. The molecule has 1 unspecified atom stereocenters. The van der Waals surface area contributed by atoms with Crippen molar-refractivity contribution in [2.45, 2.75) is 18.9 Å². The summed E-state index contributed by atoms with van der Waals surface area (Å²) in [6.45, 7) is 1.09. The Kier molecular flexibility index (Phi) is 4.93. The number of sulfonamides is 1. The molecule has 1 heterocycles. The Labute approximate surface area is 171 Å². The van der Waals surface area contributed by atoms with Gasteiger partial charge >= 0.3 is 0 Å². The smallest absolute Gasteiger partial charge is 0.229 e. The minimum absolute atomic E-state index is 0.124. The van der Waals surface area contributed by atoms with Gasteiger partial charge in [-0.05, 0) is 60.3 Å². The summed E-state index contributed by atoms with van der Waals surface area (Å²) >= 11 is 0. The van der Waals surface area contributed by atoms with E-state index in [9.17, 15) is 8.42 Å². The number of hydrogen-bond acceptors (Lipinski definition) is 5. The van der Waals surface area contributed by atoms with Crippen LogP contribution in [0.3, 0.4) is 0 Å². The van der Waals surface area contributed by atoms with Crippen molar-refractivity contribution in [2.75, 3.05) is 38.3 Å². The van der Waals surface area contributed by atoms with Crippen LogP contribution in [0.1, 0.15) is 22.7 Å². The second-order valence-electron chi connectivity index (χ2n) is 7.55. The van der Waals surface area contributed by atoms with Crippen LogP contribution in [0, 0.1) is 12.3 Å². The molecule has 0 fully saturated rings. The number of ether oxygens (including phenoxy) is 2. The third-order valence-corrected chi connectivity index (χ3v) is 6.19. The second kappa shape index (κ2) is 7.29. The lowest BCUT2D eigenvalue weighted by Gasteiger charge is -2.40. The zero-order chi connectivity index (χ0) is 20.8. The van der Waals surface area contributed by atoms with Gasteiger partial charge in [0, 0.05) is 23.8 Å². The zero-order valence-electron chi connectivity index (χ0n) is 16.8. The Bertz CT molecular complexity index is 1120. The van der Waals surface area contributed by atoms with E-state index in [0.717, 1.165) is 42.3 Å². The van der Waals surface area contributed by atoms with Gasteiger partial charge in [-0.15, -0.1) is 6.42 Å². The van der Waals surface area contributed by atoms with Gasteiger partial charge in [0.15, 0.2) is 11.5 Å². The maximum absolute atomic E-state index is 11.7. The standard InChI is InChI=1S/C22H24N2O4S/c1-5-10-28-22-19(27-3)12-15-8-9-24(2)18-11-14-6-7-16(23-29(4,25)26)13-17(14)21(22)20(15)18/h1,6-7,12-13,18,23H,8-11H2,2-4H3. The Morgan fingerprint density at radius 2 is 2.10 bits per heavy atom. The lowest BCUT2D eigenvalue weighted by Crippen LogP contribution is -2.35. The molecule has 1 aliphatic heterocycles. The van der Waals surface area contributed by atoms with Crippen LogP contribution in [0.2, 0.25) is 0 Å². The quantitative estimate of drug-likeness (QED) is 0.765. The molecule has 0 saturated heterocycles. The molecule has 7 heteroatoms. The van der Waals surface area contributed by atoms with Crippen LogP contribution in [0.25, 0.3) is 11.1 Å².